The molecule has 8 heteroatoms. The highest BCUT2D eigenvalue weighted by Crippen LogP contribution is 2.31. The van der Waals surface area contributed by atoms with Gasteiger partial charge in [0.2, 0.25) is 0 Å². The van der Waals surface area contributed by atoms with Crippen LogP contribution in [0, 0.1) is 5.82 Å². The highest BCUT2D eigenvalue weighted by molar-refractivity contribution is 5.84. The monoisotopic (exact) mass is 310 g/mol. The first kappa shape index (κ1) is 14.4. The second-order valence-corrected chi connectivity index (χ2v) is 4.72. The zero-order chi connectivity index (χ0) is 15.7. The van der Waals surface area contributed by atoms with Crippen LogP contribution < -0.4 is 5.32 Å². The molecule has 0 aliphatic carbocycles. The van der Waals surface area contributed by atoms with Crippen molar-refractivity contribution in [1.29, 1.82) is 0 Å². The number of aliphatic imine (C=N–C) groups is 1. The molecule has 4 nitrogen and oxygen atoms in total. The van der Waals surface area contributed by atoms with Crippen LogP contribution in [0.4, 0.5) is 28.9 Å². The predicted octanol–water partition coefficient (Wildman–Crippen LogP) is 3.35. The van der Waals surface area contributed by atoms with Crippen LogP contribution in [0.25, 0.3) is 0 Å². The lowest BCUT2D eigenvalue weighted by Gasteiger charge is -2.13. The summed E-state index contributed by atoms with van der Waals surface area (Å²) in [6, 6.07) is 2.29. The Morgan fingerprint density at radius 1 is 1.09 bits per heavy atom. The molecule has 2 aromatic heterocycles. The molecule has 0 radical (unpaired) electrons. The number of hydrogen-bond acceptors (Lipinski definition) is 4. The lowest BCUT2D eigenvalue weighted by atomic mass is 10.1. The van der Waals surface area contributed by atoms with Crippen LogP contribution in [0.1, 0.15) is 17.0 Å². The molecule has 0 saturated heterocycles. The number of anilines is 2. The minimum Gasteiger partial charge on any atom is -0.352 e. The minimum atomic E-state index is -4.63. The standard InChI is InChI=1S/C14H10F4N4/c15-10-7-21-13(14(16,17)18)4-12(10)22-9-3-8-5-19-2-1-11(8)20-6-9/h3-7H,1-2H2,(H,21,22). The van der Waals surface area contributed by atoms with Crippen molar-refractivity contribution >= 4 is 17.6 Å². The first-order chi connectivity index (χ1) is 10.4. The average molecular weight is 310 g/mol. The van der Waals surface area contributed by atoms with Gasteiger partial charge in [0.25, 0.3) is 0 Å². The van der Waals surface area contributed by atoms with Crippen molar-refractivity contribution < 1.29 is 17.6 Å². The number of nitrogens with zero attached hydrogens (tertiary/aromatic N) is 3. The van der Waals surface area contributed by atoms with Gasteiger partial charge < -0.3 is 5.32 Å². The molecule has 1 aliphatic heterocycles. The number of aromatic nitrogens is 2. The number of halogens is 4. The van der Waals surface area contributed by atoms with Crippen LogP contribution in [0.15, 0.2) is 29.5 Å². The van der Waals surface area contributed by atoms with Gasteiger partial charge in [0, 0.05) is 24.7 Å². The summed E-state index contributed by atoms with van der Waals surface area (Å²) < 4.78 is 51.5. The van der Waals surface area contributed by atoms with E-state index in [1.165, 1.54) is 6.20 Å². The second-order valence-electron chi connectivity index (χ2n) is 4.72. The van der Waals surface area contributed by atoms with E-state index in [0.29, 0.717) is 30.9 Å². The van der Waals surface area contributed by atoms with Gasteiger partial charge in [-0.2, -0.15) is 13.2 Å². The maximum atomic E-state index is 13.6. The summed E-state index contributed by atoms with van der Waals surface area (Å²) in [5.41, 5.74) is 0.527. The molecular formula is C14H10F4N4. The SMILES string of the molecule is Fc1cnc(C(F)(F)F)cc1Nc1cnc2c(c1)C=NCC2. The Kier molecular flexibility index (Phi) is 3.51. The Balaban J connectivity index is 1.92. The van der Waals surface area contributed by atoms with E-state index >= 15 is 0 Å². The molecule has 0 spiro atoms. The van der Waals surface area contributed by atoms with Crippen LogP contribution >= 0.6 is 0 Å². The number of hydrogen-bond donors (Lipinski definition) is 1. The Labute approximate surface area is 122 Å². The third kappa shape index (κ3) is 2.90. The Bertz CT molecular complexity index is 740. The van der Waals surface area contributed by atoms with Gasteiger partial charge in [-0.3, -0.25) is 9.98 Å². The van der Waals surface area contributed by atoms with E-state index in [4.69, 9.17) is 0 Å². The molecule has 0 saturated carbocycles. The first-order valence-corrected chi connectivity index (χ1v) is 6.42. The average Bonchev–Trinajstić information content (AvgIpc) is 2.48. The summed E-state index contributed by atoms with van der Waals surface area (Å²) in [7, 11) is 0. The summed E-state index contributed by atoms with van der Waals surface area (Å²) in [5.74, 6) is -0.876. The molecule has 1 aliphatic rings. The van der Waals surface area contributed by atoms with Crippen molar-refractivity contribution in [3.8, 4) is 0 Å². The number of pyridine rings is 2. The molecule has 0 atom stereocenters. The van der Waals surface area contributed by atoms with Gasteiger partial charge in [0.1, 0.15) is 5.69 Å². The zero-order valence-corrected chi connectivity index (χ0v) is 11.2. The maximum absolute atomic E-state index is 13.6. The molecule has 0 bridgehead atoms. The molecular weight excluding hydrogens is 300 g/mol. The summed E-state index contributed by atoms with van der Waals surface area (Å²) >= 11 is 0. The molecule has 3 rings (SSSR count). The zero-order valence-electron chi connectivity index (χ0n) is 11.2. The van der Waals surface area contributed by atoms with Crippen molar-refractivity contribution in [2.24, 2.45) is 4.99 Å². The Morgan fingerprint density at radius 2 is 1.91 bits per heavy atom. The molecule has 114 valence electrons. The van der Waals surface area contributed by atoms with E-state index < -0.39 is 17.7 Å². The molecule has 0 unspecified atom stereocenters. The van der Waals surface area contributed by atoms with Gasteiger partial charge in [-0.1, -0.05) is 0 Å². The van der Waals surface area contributed by atoms with Gasteiger partial charge >= 0.3 is 6.18 Å². The molecule has 3 heterocycles. The second kappa shape index (κ2) is 5.36. The Hall–Kier alpha value is -2.51. The van der Waals surface area contributed by atoms with E-state index in [2.05, 4.69) is 20.3 Å². The van der Waals surface area contributed by atoms with Gasteiger partial charge in [0.15, 0.2) is 5.82 Å². The highest BCUT2D eigenvalue weighted by atomic mass is 19.4. The number of nitrogens with one attached hydrogen (secondary N) is 1. The molecule has 0 aromatic carbocycles. The van der Waals surface area contributed by atoms with Crippen molar-refractivity contribution in [3.05, 3.63) is 47.3 Å². The van der Waals surface area contributed by atoms with Crippen LogP contribution in [0.3, 0.4) is 0 Å². The summed E-state index contributed by atoms with van der Waals surface area (Å²) in [5, 5.41) is 2.60. The van der Waals surface area contributed by atoms with Crippen LogP contribution in [0.5, 0.6) is 0 Å². The summed E-state index contributed by atoms with van der Waals surface area (Å²) in [6.07, 6.45) is -0.302. The fourth-order valence-electron chi connectivity index (χ4n) is 2.08. The lowest BCUT2D eigenvalue weighted by molar-refractivity contribution is -0.141. The van der Waals surface area contributed by atoms with Gasteiger partial charge in [-0.05, 0) is 12.1 Å². The minimum absolute atomic E-state index is 0.308. The van der Waals surface area contributed by atoms with Crippen molar-refractivity contribution in [1.82, 2.24) is 9.97 Å². The topological polar surface area (TPSA) is 50.2 Å². The van der Waals surface area contributed by atoms with E-state index in [1.807, 2.05) is 0 Å². The maximum Gasteiger partial charge on any atom is 0.433 e. The lowest BCUT2D eigenvalue weighted by Crippen LogP contribution is -2.10. The molecule has 1 N–H and O–H groups in total. The number of fused-ring (bicyclic) bond motifs is 1. The van der Waals surface area contributed by atoms with Crippen molar-refractivity contribution in [3.63, 3.8) is 0 Å². The van der Waals surface area contributed by atoms with Gasteiger partial charge in [-0.25, -0.2) is 9.37 Å². The van der Waals surface area contributed by atoms with Gasteiger partial charge in [-0.15, -0.1) is 0 Å². The van der Waals surface area contributed by atoms with Crippen LogP contribution in [-0.2, 0) is 12.6 Å². The molecule has 2 aromatic rings. The molecule has 0 amide bonds. The third-order valence-corrected chi connectivity index (χ3v) is 3.14. The van der Waals surface area contributed by atoms with Crippen LogP contribution in [-0.4, -0.2) is 22.7 Å². The smallest absolute Gasteiger partial charge is 0.352 e. The van der Waals surface area contributed by atoms with Crippen LogP contribution in [0.2, 0.25) is 0 Å². The first-order valence-electron chi connectivity index (χ1n) is 6.42. The van der Waals surface area contributed by atoms with Crippen molar-refractivity contribution in [2.75, 3.05) is 11.9 Å². The number of alkyl halides is 3. The van der Waals surface area contributed by atoms with E-state index in [-0.39, 0.29) is 5.69 Å². The van der Waals surface area contributed by atoms with E-state index in [0.717, 1.165) is 11.3 Å². The van der Waals surface area contributed by atoms with Gasteiger partial charge in [0.05, 0.1) is 29.5 Å². The van der Waals surface area contributed by atoms with E-state index in [9.17, 15) is 17.6 Å². The molecule has 22 heavy (non-hydrogen) atoms. The van der Waals surface area contributed by atoms with Crippen molar-refractivity contribution in [2.45, 2.75) is 12.6 Å². The van der Waals surface area contributed by atoms with E-state index in [1.54, 1.807) is 12.3 Å². The summed E-state index contributed by atoms with van der Waals surface area (Å²) in [4.78, 5) is 11.4. The highest BCUT2D eigenvalue weighted by Gasteiger charge is 2.33. The fourth-order valence-corrected chi connectivity index (χ4v) is 2.08. The number of rotatable bonds is 2. The molecule has 0 fully saturated rings. The predicted molar refractivity (Wildman–Crippen MR) is 72.9 cm³/mol. The Morgan fingerprint density at radius 3 is 2.68 bits per heavy atom. The fraction of sp³-hybridized carbons (Fsp3) is 0.214. The quantitative estimate of drug-likeness (QED) is 0.865. The summed E-state index contributed by atoms with van der Waals surface area (Å²) in [6.45, 7) is 0.653. The third-order valence-electron chi connectivity index (χ3n) is 3.14. The normalized spacial score (nSPS) is 13.8. The largest absolute Gasteiger partial charge is 0.433 e.